The molecule has 0 saturated carbocycles. The quantitative estimate of drug-likeness (QED) is 0.877. The highest BCUT2D eigenvalue weighted by Crippen LogP contribution is 2.11. The maximum atomic E-state index is 12.2. The Morgan fingerprint density at radius 3 is 2.45 bits per heavy atom. The maximum absolute atomic E-state index is 12.2. The van der Waals surface area contributed by atoms with Gasteiger partial charge in [-0.25, -0.2) is 4.79 Å². The van der Waals surface area contributed by atoms with Gasteiger partial charge in [-0.05, 0) is 5.92 Å². The fraction of sp³-hybridized carbons (Fsp3) is 0.643. The van der Waals surface area contributed by atoms with Crippen LogP contribution in [0.2, 0.25) is 0 Å². The van der Waals surface area contributed by atoms with E-state index in [9.17, 15) is 9.59 Å². The topological polar surface area (TPSA) is 62.3 Å². The van der Waals surface area contributed by atoms with Gasteiger partial charge in [-0.1, -0.05) is 27.7 Å². The number of hydrogen-bond donors (Lipinski definition) is 1. The summed E-state index contributed by atoms with van der Waals surface area (Å²) in [6.07, 6.45) is 1.74. The van der Waals surface area contributed by atoms with Gasteiger partial charge >= 0.3 is 6.03 Å². The van der Waals surface area contributed by atoms with Gasteiger partial charge in [-0.15, -0.1) is 11.3 Å². The van der Waals surface area contributed by atoms with E-state index in [1.165, 1.54) is 11.3 Å². The third kappa shape index (κ3) is 4.59. The normalized spacial score (nSPS) is 12.6. The Bertz CT molecular complexity index is 443. The smallest absolute Gasteiger partial charge is 0.318 e. The van der Waals surface area contributed by atoms with Crippen LogP contribution in [0.5, 0.6) is 0 Å². The zero-order valence-corrected chi connectivity index (χ0v) is 13.5. The number of rotatable bonds is 6. The minimum absolute atomic E-state index is 0.0690. The maximum Gasteiger partial charge on any atom is 0.318 e. The van der Waals surface area contributed by atoms with Gasteiger partial charge in [0.15, 0.2) is 5.78 Å². The molecule has 1 N–H and O–H groups in total. The molecule has 0 aliphatic rings. The van der Waals surface area contributed by atoms with Crippen molar-refractivity contribution < 1.29 is 9.59 Å². The van der Waals surface area contributed by atoms with Crippen molar-refractivity contribution in [3.63, 3.8) is 0 Å². The molecule has 0 aliphatic heterocycles. The second-order valence-electron chi connectivity index (χ2n) is 5.55. The molecular weight excluding hydrogens is 274 g/mol. The summed E-state index contributed by atoms with van der Waals surface area (Å²) in [5, 5.41) is 2.83. The molecule has 1 aromatic heterocycles. The van der Waals surface area contributed by atoms with E-state index < -0.39 is 6.04 Å². The van der Waals surface area contributed by atoms with Crippen LogP contribution in [0.25, 0.3) is 0 Å². The number of thiazole rings is 1. The average Bonchev–Trinajstić information content (AvgIpc) is 2.86. The number of nitrogens with one attached hydrogen (secondary N) is 1. The van der Waals surface area contributed by atoms with Crippen LogP contribution in [-0.2, 0) is 11.3 Å². The Kier molecular flexibility index (Phi) is 6.13. The van der Waals surface area contributed by atoms with E-state index in [4.69, 9.17) is 0 Å². The molecule has 1 atom stereocenters. The first-order chi connectivity index (χ1) is 9.32. The van der Waals surface area contributed by atoms with Crippen LogP contribution >= 0.6 is 11.3 Å². The predicted octanol–water partition coefficient (Wildman–Crippen LogP) is 2.53. The number of carbonyl (C=O) groups is 2. The Morgan fingerprint density at radius 2 is 2.00 bits per heavy atom. The van der Waals surface area contributed by atoms with Gasteiger partial charge in [-0.3, -0.25) is 9.78 Å². The number of carbonyl (C=O) groups excluding carboxylic acids is 2. The van der Waals surface area contributed by atoms with E-state index in [0.29, 0.717) is 6.54 Å². The molecule has 0 aliphatic carbocycles. The molecule has 6 heteroatoms. The van der Waals surface area contributed by atoms with E-state index in [1.807, 2.05) is 27.7 Å². The molecule has 1 rings (SSSR count). The molecule has 5 nitrogen and oxygen atoms in total. The van der Waals surface area contributed by atoms with Gasteiger partial charge in [0.2, 0.25) is 0 Å². The van der Waals surface area contributed by atoms with Crippen molar-refractivity contribution in [2.24, 2.45) is 11.8 Å². The first-order valence-corrected chi connectivity index (χ1v) is 7.63. The molecule has 1 unspecified atom stereocenters. The standard InChI is InChI=1S/C14H23N3O2S/c1-9(2)12(13(18)10(3)4)16-14(19)17(5)7-11-6-15-8-20-11/h6,8-10,12H,7H2,1-5H3,(H,16,19). The lowest BCUT2D eigenvalue weighted by molar-refractivity contribution is -0.124. The van der Waals surface area contributed by atoms with E-state index in [1.54, 1.807) is 23.7 Å². The van der Waals surface area contributed by atoms with Crippen LogP contribution in [0.3, 0.4) is 0 Å². The Morgan fingerprint density at radius 1 is 1.35 bits per heavy atom. The number of aromatic nitrogens is 1. The van der Waals surface area contributed by atoms with Crippen molar-refractivity contribution in [1.82, 2.24) is 15.2 Å². The fourth-order valence-electron chi connectivity index (χ4n) is 1.79. The lowest BCUT2D eigenvalue weighted by Crippen LogP contribution is -2.50. The van der Waals surface area contributed by atoms with E-state index in [0.717, 1.165) is 4.88 Å². The van der Waals surface area contributed by atoms with Crippen molar-refractivity contribution in [3.05, 3.63) is 16.6 Å². The number of ketones is 1. The molecule has 0 spiro atoms. The number of nitrogens with zero attached hydrogens (tertiary/aromatic N) is 2. The molecule has 0 aromatic carbocycles. The second-order valence-corrected chi connectivity index (χ2v) is 6.52. The van der Waals surface area contributed by atoms with Gasteiger partial charge in [-0.2, -0.15) is 0 Å². The molecule has 0 fully saturated rings. The Balaban J connectivity index is 2.63. The number of hydrogen-bond acceptors (Lipinski definition) is 4. The zero-order valence-electron chi connectivity index (χ0n) is 12.7. The molecule has 2 amide bonds. The van der Waals surface area contributed by atoms with Crippen molar-refractivity contribution in [2.45, 2.75) is 40.3 Å². The molecule has 0 radical (unpaired) electrons. The summed E-state index contributed by atoms with van der Waals surface area (Å²) in [6.45, 7) is 8.08. The first-order valence-electron chi connectivity index (χ1n) is 6.75. The van der Waals surface area contributed by atoms with Crippen LogP contribution in [-0.4, -0.2) is 34.8 Å². The van der Waals surface area contributed by atoms with Crippen molar-refractivity contribution >= 4 is 23.2 Å². The summed E-state index contributed by atoms with van der Waals surface area (Å²) in [7, 11) is 1.71. The summed E-state index contributed by atoms with van der Waals surface area (Å²) in [5.74, 6) is 0.0553. The Labute approximate surface area is 124 Å². The van der Waals surface area contributed by atoms with Crippen LogP contribution in [0.4, 0.5) is 4.79 Å². The molecular formula is C14H23N3O2S. The lowest BCUT2D eigenvalue weighted by atomic mass is 9.93. The average molecular weight is 297 g/mol. The van der Waals surface area contributed by atoms with Crippen LogP contribution in [0, 0.1) is 11.8 Å². The van der Waals surface area contributed by atoms with Gasteiger partial charge < -0.3 is 10.2 Å². The number of Topliss-reactive ketones (excluding diaryl/α,β-unsaturated/α-hetero) is 1. The monoisotopic (exact) mass is 297 g/mol. The SMILES string of the molecule is CC(C)C(=O)C(NC(=O)N(C)Cc1cncs1)C(C)C. The molecule has 112 valence electrons. The number of urea groups is 1. The van der Waals surface area contributed by atoms with Gasteiger partial charge in [0, 0.05) is 24.0 Å². The molecule has 1 heterocycles. The Hall–Kier alpha value is -1.43. The number of amides is 2. The summed E-state index contributed by atoms with van der Waals surface area (Å²) in [4.78, 5) is 30.8. The van der Waals surface area contributed by atoms with Gasteiger partial charge in [0.1, 0.15) is 0 Å². The van der Waals surface area contributed by atoms with Crippen LogP contribution in [0.1, 0.15) is 32.6 Å². The highest BCUT2D eigenvalue weighted by molar-refractivity contribution is 7.09. The summed E-state index contributed by atoms with van der Waals surface area (Å²) >= 11 is 1.51. The molecule has 20 heavy (non-hydrogen) atoms. The second kappa shape index (κ2) is 7.38. The lowest BCUT2D eigenvalue weighted by Gasteiger charge is -2.26. The van der Waals surface area contributed by atoms with E-state index in [2.05, 4.69) is 10.3 Å². The minimum Gasteiger partial charge on any atom is -0.328 e. The first kappa shape index (κ1) is 16.6. The highest BCUT2D eigenvalue weighted by atomic mass is 32.1. The molecule has 0 bridgehead atoms. The summed E-state index contributed by atoms with van der Waals surface area (Å²) < 4.78 is 0. The van der Waals surface area contributed by atoms with Gasteiger partial charge in [0.25, 0.3) is 0 Å². The van der Waals surface area contributed by atoms with E-state index in [-0.39, 0.29) is 23.7 Å². The van der Waals surface area contributed by atoms with Gasteiger partial charge in [0.05, 0.1) is 18.1 Å². The summed E-state index contributed by atoms with van der Waals surface area (Å²) in [6, 6.07) is -0.669. The molecule has 1 aromatic rings. The molecule has 0 saturated heterocycles. The third-order valence-electron chi connectivity index (χ3n) is 3.04. The third-order valence-corrected chi connectivity index (χ3v) is 3.81. The van der Waals surface area contributed by atoms with Crippen LogP contribution in [0.15, 0.2) is 11.7 Å². The van der Waals surface area contributed by atoms with Crippen LogP contribution < -0.4 is 5.32 Å². The summed E-state index contributed by atoms with van der Waals surface area (Å²) in [5.41, 5.74) is 1.74. The fourth-order valence-corrected chi connectivity index (χ4v) is 2.44. The van der Waals surface area contributed by atoms with Crippen molar-refractivity contribution in [1.29, 1.82) is 0 Å². The van der Waals surface area contributed by atoms with Crippen molar-refractivity contribution in [3.8, 4) is 0 Å². The van der Waals surface area contributed by atoms with Crippen molar-refractivity contribution in [2.75, 3.05) is 7.05 Å². The highest BCUT2D eigenvalue weighted by Gasteiger charge is 2.27. The minimum atomic E-state index is -0.439. The zero-order chi connectivity index (χ0) is 15.3. The largest absolute Gasteiger partial charge is 0.328 e. The predicted molar refractivity (Wildman–Crippen MR) is 80.6 cm³/mol. The van der Waals surface area contributed by atoms with E-state index >= 15 is 0 Å².